The summed E-state index contributed by atoms with van der Waals surface area (Å²) in [5.41, 5.74) is 5.65. The van der Waals surface area contributed by atoms with Crippen LogP contribution in [0.4, 0.5) is 0 Å². The number of amides is 1. The highest BCUT2D eigenvalue weighted by atomic mass is 79.9. The third-order valence-corrected chi connectivity index (χ3v) is 6.23. The number of benzene rings is 2. The summed E-state index contributed by atoms with van der Waals surface area (Å²) in [6.07, 6.45) is 0.321. The van der Waals surface area contributed by atoms with Crippen molar-refractivity contribution in [2.75, 3.05) is 13.2 Å². The lowest BCUT2D eigenvalue weighted by Gasteiger charge is -2.09. The van der Waals surface area contributed by atoms with Crippen molar-refractivity contribution >= 4 is 43.4 Å². The topological polar surface area (TPSA) is 43.6 Å². The Bertz CT molecular complexity index is 1060. The second kappa shape index (κ2) is 9.16. The SMILES string of the molecule is CCOCCn1c(=NC(=O)Cc2c(C)cc(C)cc2C)sc2cc(Br)ccc21. The van der Waals surface area contributed by atoms with Gasteiger partial charge < -0.3 is 9.30 Å². The molecule has 1 aromatic heterocycles. The standard InChI is InChI=1S/C22H25BrN2O2S/c1-5-27-9-8-25-19-7-6-17(23)12-20(19)28-22(25)24-21(26)13-18-15(3)10-14(2)11-16(18)4/h6-7,10-12H,5,8-9,13H2,1-4H3. The highest BCUT2D eigenvalue weighted by Gasteiger charge is 2.12. The number of hydrogen-bond donors (Lipinski definition) is 0. The molecule has 0 saturated heterocycles. The van der Waals surface area contributed by atoms with Gasteiger partial charge in [-0.3, -0.25) is 4.79 Å². The lowest BCUT2D eigenvalue weighted by atomic mass is 9.97. The van der Waals surface area contributed by atoms with E-state index in [2.05, 4.69) is 70.5 Å². The van der Waals surface area contributed by atoms with E-state index in [0.29, 0.717) is 26.2 Å². The summed E-state index contributed by atoms with van der Waals surface area (Å²) < 4.78 is 9.72. The number of carbonyl (C=O) groups is 1. The maximum atomic E-state index is 12.8. The number of fused-ring (bicyclic) bond motifs is 1. The predicted octanol–water partition coefficient (Wildman–Crippen LogP) is 5.10. The van der Waals surface area contributed by atoms with Gasteiger partial charge in [0.1, 0.15) is 0 Å². The zero-order chi connectivity index (χ0) is 20.3. The van der Waals surface area contributed by atoms with Crippen molar-refractivity contribution in [2.45, 2.75) is 40.7 Å². The fourth-order valence-corrected chi connectivity index (χ4v) is 5.06. The molecule has 0 fully saturated rings. The number of carbonyl (C=O) groups excluding carboxylic acids is 1. The zero-order valence-corrected chi connectivity index (χ0v) is 19.1. The highest BCUT2D eigenvalue weighted by Crippen LogP contribution is 2.22. The smallest absolute Gasteiger partial charge is 0.252 e. The predicted molar refractivity (Wildman–Crippen MR) is 119 cm³/mol. The molecule has 3 rings (SSSR count). The average molecular weight is 461 g/mol. The molecule has 1 amide bonds. The van der Waals surface area contributed by atoms with Crippen LogP contribution in [-0.2, 0) is 22.5 Å². The summed E-state index contributed by atoms with van der Waals surface area (Å²) in [4.78, 5) is 18.0. The van der Waals surface area contributed by atoms with Gasteiger partial charge >= 0.3 is 0 Å². The number of ether oxygens (including phenoxy) is 1. The number of thiazole rings is 1. The maximum Gasteiger partial charge on any atom is 0.252 e. The fourth-order valence-electron chi connectivity index (χ4n) is 3.43. The third kappa shape index (κ3) is 4.80. The maximum absolute atomic E-state index is 12.8. The van der Waals surface area contributed by atoms with Gasteiger partial charge in [0.2, 0.25) is 0 Å². The summed E-state index contributed by atoms with van der Waals surface area (Å²) >= 11 is 5.06. The quantitative estimate of drug-likeness (QED) is 0.480. The van der Waals surface area contributed by atoms with Gasteiger partial charge in [-0.25, -0.2) is 0 Å². The number of halogens is 1. The summed E-state index contributed by atoms with van der Waals surface area (Å²) in [7, 11) is 0. The van der Waals surface area contributed by atoms with Gasteiger partial charge in [-0.15, -0.1) is 0 Å². The van der Waals surface area contributed by atoms with Crippen molar-refractivity contribution in [1.29, 1.82) is 0 Å². The first-order valence-electron chi connectivity index (χ1n) is 9.40. The lowest BCUT2D eigenvalue weighted by Crippen LogP contribution is -2.20. The van der Waals surface area contributed by atoms with E-state index in [-0.39, 0.29) is 5.91 Å². The molecule has 4 nitrogen and oxygen atoms in total. The van der Waals surface area contributed by atoms with Crippen LogP contribution in [0.2, 0.25) is 0 Å². The second-order valence-corrected chi connectivity index (χ2v) is 8.83. The molecule has 0 unspecified atom stereocenters. The summed E-state index contributed by atoms with van der Waals surface area (Å²) in [5, 5.41) is 0. The Morgan fingerprint density at radius 1 is 1.18 bits per heavy atom. The van der Waals surface area contributed by atoms with Crippen molar-refractivity contribution in [3.63, 3.8) is 0 Å². The Hall–Kier alpha value is -1.76. The van der Waals surface area contributed by atoms with Crippen molar-refractivity contribution in [3.05, 3.63) is 61.9 Å². The van der Waals surface area contributed by atoms with E-state index in [1.54, 1.807) is 0 Å². The monoisotopic (exact) mass is 460 g/mol. The Balaban J connectivity index is 1.98. The van der Waals surface area contributed by atoms with Gasteiger partial charge in [-0.05, 0) is 62.6 Å². The van der Waals surface area contributed by atoms with Gasteiger partial charge in [-0.2, -0.15) is 4.99 Å². The Kier molecular flexibility index (Phi) is 6.86. The van der Waals surface area contributed by atoms with Crippen LogP contribution < -0.4 is 4.80 Å². The molecule has 6 heteroatoms. The molecule has 0 N–H and O–H groups in total. The van der Waals surface area contributed by atoms with Crippen LogP contribution in [0.1, 0.15) is 29.2 Å². The first-order valence-corrected chi connectivity index (χ1v) is 11.0. The normalized spacial score (nSPS) is 12.1. The molecule has 1 heterocycles. The van der Waals surface area contributed by atoms with Crippen molar-refractivity contribution in [2.24, 2.45) is 4.99 Å². The Morgan fingerprint density at radius 2 is 1.89 bits per heavy atom. The Labute approximate surface area is 178 Å². The van der Waals surface area contributed by atoms with Crippen LogP contribution in [0.3, 0.4) is 0 Å². The van der Waals surface area contributed by atoms with E-state index in [1.165, 1.54) is 16.9 Å². The van der Waals surface area contributed by atoms with Gasteiger partial charge in [0.05, 0.1) is 23.2 Å². The number of hydrogen-bond acceptors (Lipinski definition) is 3. The molecule has 0 saturated carbocycles. The molecule has 0 aliphatic carbocycles. The first kappa shape index (κ1) is 21.0. The summed E-state index contributed by atoms with van der Waals surface area (Å²) in [5.74, 6) is -0.120. The van der Waals surface area contributed by atoms with E-state index in [0.717, 1.165) is 36.2 Å². The van der Waals surface area contributed by atoms with Crippen LogP contribution in [0.25, 0.3) is 10.2 Å². The van der Waals surface area contributed by atoms with Crippen LogP contribution in [0.5, 0.6) is 0 Å². The Morgan fingerprint density at radius 3 is 2.57 bits per heavy atom. The number of rotatable bonds is 6. The van der Waals surface area contributed by atoms with Gasteiger partial charge in [-0.1, -0.05) is 45.0 Å². The molecule has 148 valence electrons. The van der Waals surface area contributed by atoms with Gasteiger partial charge in [0, 0.05) is 17.6 Å². The molecule has 0 aliphatic rings. The fraction of sp³-hybridized carbons (Fsp3) is 0.364. The molecule has 0 spiro atoms. The molecule has 2 aromatic carbocycles. The van der Waals surface area contributed by atoms with Crippen molar-refractivity contribution in [1.82, 2.24) is 4.57 Å². The summed E-state index contributed by atoms with van der Waals surface area (Å²) in [6, 6.07) is 10.4. The minimum atomic E-state index is -0.120. The summed E-state index contributed by atoms with van der Waals surface area (Å²) in [6.45, 7) is 10.1. The first-order chi connectivity index (χ1) is 13.4. The lowest BCUT2D eigenvalue weighted by molar-refractivity contribution is -0.117. The van der Waals surface area contributed by atoms with E-state index in [1.807, 2.05) is 13.0 Å². The van der Waals surface area contributed by atoms with Gasteiger partial charge in [0.15, 0.2) is 4.80 Å². The van der Waals surface area contributed by atoms with Crippen molar-refractivity contribution < 1.29 is 9.53 Å². The number of nitrogens with zero attached hydrogens (tertiary/aromatic N) is 2. The molecule has 0 atom stereocenters. The number of aromatic nitrogens is 1. The number of aryl methyl sites for hydroxylation is 3. The van der Waals surface area contributed by atoms with Crippen LogP contribution in [0, 0.1) is 20.8 Å². The second-order valence-electron chi connectivity index (χ2n) is 6.90. The molecule has 28 heavy (non-hydrogen) atoms. The molecule has 0 aliphatic heterocycles. The van der Waals surface area contributed by atoms with E-state index < -0.39 is 0 Å². The molecule has 0 bridgehead atoms. The minimum Gasteiger partial charge on any atom is -0.380 e. The third-order valence-electron chi connectivity index (χ3n) is 4.70. The molecule has 0 radical (unpaired) electrons. The van der Waals surface area contributed by atoms with Crippen molar-refractivity contribution in [3.8, 4) is 0 Å². The molecular formula is C22H25BrN2O2S. The average Bonchev–Trinajstić information content (AvgIpc) is 2.94. The largest absolute Gasteiger partial charge is 0.380 e. The highest BCUT2D eigenvalue weighted by molar-refractivity contribution is 9.10. The van der Waals surface area contributed by atoms with Crippen LogP contribution in [0.15, 0.2) is 39.8 Å². The van der Waals surface area contributed by atoms with Gasteiger partial charge in [0.25, 0.3) is 5.91 Å². The van der Waals surface area contributed by atoms with E-state index >= 15 is 0 Å². The zero-order valence-electron chi connectivity index (χ0n) is 16.7. The van der Waals surface area contributed by atoms with Crippen LogP contribution >= 0.6 is 27.3 Å². The molecule has 3 aromatic rings. The molecular weight excluding hydrogens is 436 g/mol. The van der Waals surface area contributed by atoms with E-state index in [4.69, 9.17) is 4.74 Å². The van der Waals surface area contributed by atoms with E-state index in [9.17, 15) is 4.79 Å². The minimum absolute atomic E-state index is 0.120. The van der Waals surface area contributed by atoms with Crippen LogP contribution in [-0.4, -0.2) is 23.7 Å².